The maximum Gasteiger partial charge on any atom is 0.322 e. The van der Waals surface area contributed by atoms with Gasteiger partial charge in [-0.15, -0.1) is 0 Å². The summed E-state index contributed by atoms with van der Waals surface area (Å²) in [6.45, 7) is 4.05. The molecule has 1 saturated heterocycles. The number of aliphatic hydroxyl groups is 1. The molecule has 38 heavy (non-hydrogen) atoms. The molecule has 5 rings (SSSR count). The Labute approximate surface area is 231 Å². The zero-order valence-electron chi connectivity index (χ0n) is 21.8. The second-order valence-corrected chi connectivity index (χ2v) is 12.2. The van der Waals surface area contributed by atoms with Crippen molar-refractivity contribution in [2.24, 2.45) is 22.5 Å². The molecule has 0 radical (unpaired) electrons. The third kappa shape index (κ3) is 3.36. The van der Waals surface area contributed by atoms with E-state index in [1.807, 2.05) is 74.5 Å². The lowest BCUT2D eigenvalue weighted by atomic mass is 9.63. The minimum Gasteiger partial charge on any atom is -0.468 e. The molecule has 2 aromatic carbocycles. The number of benzene rings is 2. The molecule has 1 heterocycles. The molecule has 2 aromatic rings. The van der Waals surface area contributed by atoms with E-state index in [9.17, 15) is 19.5 Å². The zero-order valence-corrected chi connectivity index (χ0v) is 23.4. The fraction of sp³-hybridized carbons (Fsp3) is 0.433. The van der Waals surface area contributed by atoms with Crippen molar-refractivity contribution in [2.45, 2.75) is 49.6 Å². The number of unbranched alkanes of at least 4 members (excludes halogenated alkanes) is 1. The molecule has 1 aliphatic heterocycles. The van der Waals surface area contributed by atoms with E-state index < -0.39 is 39.2 Å². The first-order chi connectivity index (χ1) is 18.1. The first-order valence-electron chi connectivity index (χ1n) is 13.0. The predicted octanol–water partition coefficient (Wildman–Crippen LogP) is 3.79. The highest BCUT2D eigenvalue weighted by Crippen LogP contribution is 2.79. The van der Waals surface area contributed by atoms with Gasteiger partial charge in [0.15, 0.2) is 0 Å². The average molecular weight is 582 g/mol. The monoisotopic (exact) mass is 580 g/mol. The van der Waals surface area contributed by atoms with Crippen molar-refractivity contribution in [3.8, 4) is 0 Å². The summed E-state index contributed by atoms with van der Waals surface area (Å²) in [6, 6.07) is 18.9. The van der Waals surface area contributed by atoms with Gasteiger partial charge in [-0.25, -0.2) is 0 Å². The van der Waals surface area contributed by atoms with Crippen molar-refractivity contribution >= 4 is 44.9 Å². The van der Waals surface area contributed by atoms with Crippen LogP contribution in [0.15, 0.2) is 60.7 Å². The maximum atomic E-state index is 14.1. The predicted molar refractivity (Wildman–Crippen MR) is 148 cm³/mol. The molecule has 3 N–H and O–H groups in total. The van der Waals surface area contributed by atoms with Crippen molar-refractivity contribution < 1.29 is 24.2 Å². The molecule has 8 heteroatoms. The highest BCUT2D eigenvalue weighted by Gasteiger charge is 2.85. The van der Waals surface area contributed by atoms with Crippen LogP contribution in [-0.4, -0.2) is 57.9 Å². The van der Waals surface area contributed by atoms with Crippen LogP contribution in [0.2, 0.25) is 0 Å². The number of fused-ring (bicyclic) bond motifs is 5. The lowest BCUT2D eigenvalue weighted by molar-refractivity contribution is -0.144. The lowest BCUT2D eigenvalue weighted by Gasteiger charge is -2.42. The van der Waals surface area contributed by atoms with Crippen LogP contribution in [0.25, 0.3) is 11.1 Å². The lowest BCUT2D eigenvalue weighted by Crippen LogP contribution is -2.51. The van der Waals surface area contributed by atoms with Crippen LogP contribution in [0.4, 0.5) is 0 Å². The van der Waals surface area contributed by atoms with E-state index in [0.29, 0.717) is 19.3 Å². The fourth-order valence-electron chi connectivity index (χ4n) is 7.25. The molecule has 5 unspecified atom stereocenters. The second-order valence-electron chi connectivity index (χ2n) is 10.9. The largest absolute Gasteiger partial charge is 0.468 e. The van der Waals surface area contributed by atoms with Gasteiger partial charge >= 0.3 is 5.97 Å². The van der Waals surface area contributed by atoms with Crippen LogP contribution in [-0.2, 0) is 19.1 Å². The van der Waals surface area contributed by atoms with E-state index in [0.717, 1.165) is 22.3 Å². The number of halogens is 1. The average Bonchev–Trinajstić information content (AvgIpc) is 3.31. The Bertz CT molecular complexity index is 1310. The molecule has 0 spiro atoms. The summed E-state index contributed by atoms with van der Waals surface area (Å²) in [5.74, 6) is -1.86. The van der Waals surface area contributed by atoms with E-state index in [1.54, 1.807) is 0 Å². The number of alkyl halides is 1. The van der Waals surface area contributed by atoms with Crippen molar-refractivity contribution in [1.82, 2.24) is 4.90 Å². The zero-order chi connectivity index (χ0) is 27.5. The van der Waals surface area contributed by atoms with Gasteiger partial charge in [-0.3, -0.25) is 19.3 Å². The number of ether oxygens (including phenoxy) is 1. The highest BCUT2D eigenvalue weighted by molar-refractivity contribution is 9.10. The van der Waals surface area contributed by atoms with E-state index in [4.69, 9.17) is 5.73 Å². The summed E-state index contributed by atoms with van der Waals surface area (Å²) in [5, 5.41) is 12.0. The van der Waals surface area contributed by atoms with Crippen molar-refractivity contribution in [3.63, 3.8) is 0 Å². The Morgan fingerprint density at radius 1 is 1.03 bits per heavy atom. The molecule has 200 valence electrons. The van der Waals surface area contributed by atoms with Crippen LogP contribution < -0.4 is 5.73 Å². The van der Waals surface area contributed by atoms with Crippen LogP contribution in [0.5, 0.6) is 0 Å². The Morgan fingerprint density at radius 3 is 2.13 bits per heavy atom. The summed E-state index contributed by atoms with van der Waals surface area (Å²) >= 11 is 3.82. The van der Waals surface area contributed by atoms with E-state index in [1.165, 1.54) is 12.0 Å². The number of amides is 2. The first kappa shape index (κ1) is 26.8. The number of methoxy groups -OCH3 is 1. The van der Waals surface area contributed by atoms with Crippen molar-refractivity contribution in [2.75, 3.05) is 13.7 Å². The minimum atomic E-state index is -1.29. The number of esters is 1. The third-order valence-corrected chi connectivity index (χ3v) is 10.6. The van der Waals surface area contributed by atoms with Crippen LogP contribution in [0.1, 0.15) is 44.2 Å². The Kier molecular flexibility index (Phi) is 6.65. The van der Waals surface area contributed by atoms with Crippen molar-refractivity contribution in [1.29, 1.82) is 0 Å². The summed E-state index contributed by atoms with van der Waals surface area (Å²) in [5.41, 5.74) is 7.43. The van der Waals surface area contributed by atoms with Crippen LogP contribution in [0.3, 0.4) is 0 Å². The Balaban J connectivity index is 1.56. The van der Waals surface area contributed by atoms with Gasteiger partial charge in [-0.05, 0) is 41.5 Å². The van der Waals surface area contributed by atoms with Gasteiger partial charge in [-0.1, -0.05) is 90.4 Å². The topological polar surface area (TPSA) is 110 Å². The van der Waals surface area contributed by atoms with Gasteiger partial charge in [0.05, 0.1) is 19.1 Å². The summed E-state index contributed by atoms with van der Waals surface area (Å²) in [6.07, 6.45) is 0.515. The van der Waals surface area contributed by atoms with Gasteiger partial charge in [0.25, 0.3) is 0 Å². The fourth-order valence-corrected chi connectivity index (χ4v) is 8.55. The number of likely N-dealkylation sites (tertiary alicyclic amines) is 1. The molecule has 0 aromatic heterocycles. The molecule has 2 bridgehead atoms. The standard InChI is InChI=1S/C30H33BrN2O5/c1-28-21(18-12-6-4-7-13-18)22(19-14-8-5-9-15-19)29(2,26(28)36)30(31)23(28)24(34)33(27(30)37)17-11-10-16-20(32)25(35)38-3/h4-9,12-15,20,23,26,36H,10-11,16-17,32H2,1-3H3/t20-,23?,26?,28?,29?,30?/m0/s1. The van der Waals surface area contributed by atoms with E-state index in [-0.39, 0.29) is 18.4 Å². The van der Waals surface area contributed by atoms with Gasteiger partial charge < -0.3 is 15.6 Å². The second kappa shape index (κ2) is 9.43. The van der Waals surface area contributed by atoms with Gasteiger partial charge in [0.1, 0.15) is 10.4 Å². The number of aliphatic hydroxyl groups excluding tert-OH is 1. The van der Waals surface area contributed by atoms with Crippen LogP contribution >= 0.6 is 15.9 Å². The summed E-state index contributed by atoms with van der Waals surface area (Å²) in [4.78, 5) is 41.1. The van der Waals surface area contributed by atoms with E-state index in [2.05, 4.69) is 20.7 Å². The molecule has 1 saturated carbocycles. The number of hydrogen-bond acceptors (Lipinski definition) is 6. The molecule has 2 amide bonds. The minimum absolute atomic E-state index is 0.221. The number of imide groups is 1. The number of carbonyl (C=O) groups is 3. The molecule has 2 fully saturated rings. The highest BCUT2D eigenvalue weighted by atomic mass is 79.9. The number of rotatable bonds is 8. The van der Waals surface area contributed by atoms with Crippen LogP contribution in [0, 0.1) is 16.7 Å². The van der Waals surface area contributed by atoms with E-state index >= 15 is 0 Å². The molecule has 7 nitrogen and oxygen atoms in total. The number of carbonyl (C=O) groups excluding carboxylic acids is 3. The molecular weight excluding hydrogens is 548 g/mol. The molecule has 2 aliphatic carbocycles. The summed E-state index contributed by atoms with van der Waals surface area (Å²) < 4.78 is 3.38. The number of hydrogen-bond donors (Lipinski definition) is 2. The van der Waals surface area contributed by atoms with Crippen molar-refractivity contribution in [3.05, 3.63) is 71.8 Å². The summed E-state index contributed by atoms with van der Waals surface area (Å²) in [7, 11) is 1.29. The third-order valence-electron chi connectivity index (χ3n) is 9.02. The molecular formula is C30H33BrN2O5. The maximum absolute atomic E-state index is 14.1. The number of nitrogens with zero attached hydrogens (tertiary/aromatic N) is 1. The molecule has 6 atom stereocenters. The SMILES string of the molecule is COC(=O)[C@@H](N)CCCCN1C(=O)C2C3(C)C(c4ccccc4)=C(c4ccccc4)C(C)(C3O)C2(Br)C1=O. The molecule has 3 aliphatic rings. The Morgan fingerprint density at radius 2 is 1.58 bits per heavy atom. The van der Waals surface area contributed by atoms with Gasteiger partial charge in [0, 0.05) is 17.4 Å². The van der Waals surface area contributed by atoms with Gasteiger partial charge in [-0.2, -0.15) is 0 Å². The van der Waals surface area contributed by atoms with Gasteiger partial charge in [0.2, 0.25) is 11.8 Å². The quantitative estimate of drug-likeness (QED) is 0.213. The normalized spacial score (nSPS) is 32.6. The number of nitrogens with two attached hydrogens (primary N) is 1. The first-order valence-corrected chi connectivity index (χ1v) is 13.8. The Hall–Kier alpha value is -2.81. The smallest absolute Gasteiger partial charge is 0.322 e.